The number of carbonyl (C=O) groups excluding carboxylic acids is 2. The maximum absolute atomic E-state index is 12.0. The molecule has 0 saturated heterocycles. The Morgan fingerprint density at radius 1 is 1.21 bits per heavy atom. The van der Waals surface area contributed by atoms with E-state index in [4.69, 9.17) is 4.74 Å². The van der Waals surface area contributed by atoms with Gasteiger partial charge in [0.05, 0.1) is 19.7 Å². The standard InChI is InChI=1S/C14H20N2O3/c1-4-19-12-7-5-11(6-8-12)13(17)9-16(3)10-14(18)15-2/h5-8H,4,9-10H2,1-3H3,(H,15,18). The molecule has 0 unspecified atom stereocenters. The average molecular weight is 264 g/mol. The number of nitrogens with one attached hydrogen (secondary N) is 1. The molecule has 1 rings (SSSR count). The minimum Gasteiger partial charge on any atom is -0.494 e. The van der Waals surface area contributed by atoms with Gasteiger partial charge in [-0.1, -0.05) is 0 Å². The van der Waals surface area contributed by atoms with Crippen LogP contribution in [0.2, 0.25) is 0 Å². The number of hydrogen-bond acceptors (Lipinski definition) is 4. The normalized spacial score (nSPS) is 10.3. The lowest BCUT2D eigenvalue weighted by atomic mass is 10.1. The maximum Gasteiger partial charge on any atom is 0.233 e. The summed E-state index contributed by atoms with van der Waals surface area (Å²) in [6.45, 7) is 2.93. The molecular weight excluding hydrogens is 244 g/mol. The minimum absolute atomic E-state index is 0.0190. The fraction of sp³-hybridized carbons (Fsp3) is 0.429. The zero-order valence-corrected chi connectivity index (χ0v) is 11.6. The Bertz CT molecular complexity index is 429. The Labute approximate surface area is 113 Å². The van der Waals surface area contributed by atoms with Gasteiger partial charge in [0, 0.05) is 12.6 Å². The molecule has 0 radical (unpaired) electrons. The molecular formula is C14H20N2O3. The van der Waals surface area contributed by atoms with Crippen LogP contribution in [0.3, 0.4) is 0 Å². The third kappa shape index (κ3) is 5.09. The van der Waals surface area contributed by atoms with E-state index in [1.54, 1.807) is 43.3 Å². The molecule has 0 saturated carbocycles. The third-order valence-corrected chi connectivity index (χ3v) is 2.59. The molecule has 0 atom stereocenters. The van der Waals surface area contributed by atoms with Gasteiger partial charge in [0.15, 0.2) is 5.78 Å². The largest absolute Gasteiger partial charge is 0.494 e. The van der Waals surface area contributed by atoms with Gasteiger partial charge < -0.3 is 10.1 Å². The molecule has 5 nitrogen and oxygen atoms in total. The second-order valence-electron chi connectivity index (χ2n) is 4.23. The van der Waals surface area contributed by atoms with Gasteiger partial charge in [-0.3, -0.25) is 14.5 Å². The van der Waals surface area contributed by atoms with Crippen molar-refractivity contribution in [2.45, 2.75) is 6.92 Å². The van der Waals surface area contributed by atoms with Crippen LogP contribution in [0, 0.1) is 0 Å². The van der Waals surface area contributed by atoms with Gasteiger partial charge in [0.1, 0.15) is 5.75 Å². The Kier molecular flexibility index (Phi) is 6.02. The lowest BCUT2D eigenvalue weighted by Crippen LogP contribution is -2.36. The summed E-state index contributed by atoms with van der Waals surface area (Å²) in [5.74, 6) is 0.620. The first kappa shape index (κ1) is 15.2. The number of ether oxygens (including phenoxy) is 1. The number of hydrogen-bond donors (Lipinski definition) is 1. The highest BCUT2D eigenvalue weighted by atomic mass is 16.5. The van der Waals surface area contributed by atoms with Crippen LogP contribution >= 0.6 is 0 Å². The molecule has 0 aromatic heterocycles. The van der Waals surface area contributed by atoms with Gasteiger partial charge in [-0.2, -0.15) is 0 Å². The summed E-state index contributed by atoms with van der Waals surface area (Å²) in [7, 11) is 3.31. The van der Waals surface area contributed by atoms with Crippen LogP contribution in [0.5, 0.6) is 5.75 Å². The molecule has 0 aliphatic rings. The van der Waals surface area contributed by atoms with Crippen LogP contribution in [-0.2, 0) is 4.79 Å². The molecule has 0 bridgehead atoms. The topological polar surface area (TPSA) is 58.6 Å². The molecule has 0 fully saturated rings. The number of Topliss-reactive ketones (excluding diaryl/α,β-unsaturated/α-hetero) is 1. The van der Waals surface area contributed by atoms with Crippen molar-refractivity contribution >= 4 is 11.7 Å². The summed E-state index contributed by atoms with van der Waals surface area (Å²) >= 11 is 0. The summed E-state index contributed by atoms with van der Waals surface area (Å²) in [4.78, 5) is 24.8. The number of carbonyl (C=O) groups is 2. The maximum atomic E-state index is 12.0. The quantitative estimate of drug-likeness (QED) is 0.745. The molecule has 1 N–H and O–H groups in total. The van der Waals surface area contributed by atoms with Crippen molar-refractivity contribution in [3.63, 3.8) is 0 Å². The highest BCUT2D eigenvalue weighted by Gasteiger charge is 2.11. The summed E-state index contributed by atoms with van der Waals surface area (Å²) in [5.41, 5.74) is 0.618. The molecule has 0 heterocycles. The second-order valence-corrected chi connectivity index (χ2v) is 4.23. The van der Waals surface area contributed by atoms with E-state index in [0.717, 1.165) is 5.75 Å². The van der Waals surface area contributed by atoms with E-state index < -0.39 is 0 Å². The van der Waals surface area contributed by atoms with Crippen molar-refractivity contribution in [2.24, 2.45) is 0 Å². The molecule has 1 aromatic carbocycles. The van der Waals surface area contributed by atoms with Crippen LogP contribution < -0.4 is 10.1 Å². The number of nitrogens with zero attached hydrogens (tertiary/aromatic N) is 1. The van der Waals surface area contributed by atoms with E-state index in [1.165, 1.54) is 0 Å². The average Bonchev–Trinajstić information content (AvgIpc) is 2.39. The Balaban J connectivity index is 2.55. The lowest BCUT2D eigenvalue weighted by Gasteiger charge is -2.14. The molecule has 1 amide bonds. The van der Waals surface area contributed by atoms with Crippen LogP contribution in [-0.4, -0.2) is 50.4 Å². The Hall–Kier alpha value is -1.88. The summed E-state index contributed by atoms with van der Waals surface area (Å²) in [6, 6.07) is 7.02. The number of benzene rings is 1. The van der Waals surface area contributed by atoms with Crippen LogP contribution in [0.15, 0.2) is 24.3 Å². The van der Waals surface area contributed by atoms with E-state index in [1.807, 2.05) is 6.92 Å². The zero-order valence-electron chi connectivity index (χ0n) is 11.6. The molecule has 5 heteroatoms. The first-order chi connectivity index (χ1) is 9.06. The molecule has 0 aliphatic carbocycles. The highest BCUT2D eigenvalue weighted by Crippen LogP contribution is 2.12. The zero-order chi connectivity index (χ0) is 14.3. The highest BCUT2D eigenvalue weighted by molar-refractivity contribution is 5.97. The van der Waals surface area contributed by atoms with E-state index in [9.17, 15) is 9.59 Å². The molecule has 1 aromatic rings. The van der Waals surface area contributed by atoms with Gasteiger partial charge in [0.2, 0.25) is 5.91 Å². The Morgan fingerprint density at radius 3 is 2.37 bits per heavy atom. The van der Waals surface area contributed by atoms with Gasteiger partial charge in [-0.05, 0) is 38.2 Å². The van der Waals surface area contributed by atoms with Gasteiger partial charge in [-0.15, -0.1) is 0 Å². The summed E-state index contributed by atoms with van der Waals surface area (Å²) in [5, 5.41) is 2.52. The van der Waals surface area contributed by atoms with Crippen molar-refractivity contribution in [1.29, 1.82) is 0 Å². The SMILES string of the molecule is CCOc1ccc(C(=O)CN(C)CC(=O)NC)cc1. The van der Waals surface area contributed by atoms with Crippen molar-refractivity contribution in [3.05, 3.63) is 29.8 Å². The number of ketones is 1. The predicted octanol–water partition coefficient (Wildman–Crippen LogP) is 0.946. The van der Waals surface area contributed by atoms with Crippen LogP contribution in [0.1, 0.15) is 17.3 Å². The first-order valence-corrected chi connectivity index (χ1v) is 6.22. The number of likely N-dealkylation sites (N-methyl/N-ethyl adjacent to an activating group) is 2. The van der Waals surface area contributed by atoms with Crippen molar-refractivity contribution < 1.29 is 14.3 Å². The van der Waals surface area contributed by atoms with Gasteiger partial charge >= 0.3 is 0 Å². The van der Waals surface area contributed by atoms with Gasteiger partial charge in [0.25, 0.3) is 0 Å². The van der Waals surface area contributed by atoms with Crippen LogP contribution in [0.25, 0.3) is 0 Å². The summed E-state index contributed by atoms with van der Waals surface area (Å²) in [6.07, 6.45) is 0. The van der Waals surface area contributed by atoms with E-state index >= 15 is 0 Å². The van der Waals surface area contributed by atoms with Gasteiger partial charge in [-0.25, -0.2) is 0 Å². The van der Waals surface area contributed by atoms with Crippen molar-refractivity contribution in [3.8, 4) is 5.75 Å². The van der Waals surface area contributed by atoms with Crippen LogP contribution in [0.4, 0.5) is 0 Å². The first-order valence-electron chi connectivity index (χ1n) is 6.22. The smallest absolute Gasteiger partial charge is 0.233 e. The lowest BCUT2D eigenvalue weighted by molar-refractivity contribution is -0.121. The molecule has 0 aliphatic heterocycles. The van der Waals surface area contributed by atoms with E-state index in [-0.39, 0.29) is 24.8 Å². The molecule has 0 spiro atoms. The van der Waals surface area contributed by atoms with E-state index in [0.29, 0.717) is 12.2 Å². The number of rotatable bonds is 7. The molecule has 104 valence electrons. The summed E-state index contributed by atoms with van der Waals surface area (Å²) < 4.78 is 5.31. The minimum atomic E-state index is -0.109. The second kappa shape index (κ2) is 7.53. The predicted molar refractivity (Wildman–Crippen MR) is 73.5 cm³/mol. The fourth-order valence-corrected chi connectivity index (χ4v) is 1.62. The Morgan fingerprint density at radius 2 is 1.84 bits per heavy atom. The van der Waals surface area contributed by atoms with E-state index in [2.05, 4.69) is 5.32 Å². The fourth-order valence-electron chi connectivity index (χ4n) is 1.62. The number of amides is 1. The van der Waals surface area contributed by atoms with Crippen molar-refractivity contribution in [1.82, 2.24) is 10.2 Å². The third-order valence-electron chi connectivity index (χ3n) is 2.59. The molecule has 19 heavy (non-hydrogen) atoms. The monoisotopic (exact) mass is 264 g/mol. The van der Waals surface area contributed by atoms with Crippen molar-refractivity contribution in [2.75, 3.05) is 33.8 Å².